The Balaban J connectivity index is 2.36. The summed E-state index contributed by atoms with van der Waals surface area (Å²) in [6.07, 6.45) is -2.35. The van der Waals surface area contributed by atoms with E-state index in [0.29, 0.717) is 5.92 Å². The molecule has 0 radical (unpaired) electrons. The summed E-state index contributed by atoms with van der Waals surface area (Å²) in [5, 5.41) is 2.52. The molecular formula is C15H19F3N2O. The van der Waals surface area contributed by atoms with Gasteiger partial charge in [-0.05, 0) is 37.8 Å². The van der Waals surface area contributed by atoms with Crippen LogP contribution in [0.25, 0.3) is 0 Å². The number of anilines is 1. The van der Waals surface area contributed by atoms with Crippen LogP contribution in [0.3, 0.4) is 0 Å². The summed E-state index contributed by atoms with van der Waals surface area (Å²) in [5.41, 5.74) is -0.921. The van der Waals surface area contributed by atoms with Gasteiger partial charge in [-0.25, -0.2) is 0 Å². The summed E-state index contributed by atoms with van der Waals surface area (Å²) in [7, 11) is 3.04. The number of nitrogens with zero attached hydrogens (tertiary/aromatic N) is 1. The number of benzene rings is 1. The van der Waals surface area contributed by atoms with Crippen molar-refractivity contribution in [1.82, 2.24) is 4.90 Å². The average molecular weight is 300 g/mol. The van der Waals surface area contributed by atoms with E-state index < -0.39 is 11.7 Å². The molecule has 1 aromatic rings. The minimum Gasteiger partial charge on any atom is -0.387 e. The second kappa shape index (κ2) is 5.58. The zero-order chi connectivity index (χ0) is 15.8. The molecule has 1 aliphatic carbocycles. The molecule has 1 fully saturated rings. The summed E-state index contributed by atoms with van der Waals surface area (Å²) < 4.78 is 39.0. The minimum atomic E-state index is -4.49. The molecule has 0 spiro atoms. The molecule has 2 rings (SSSR count). The van der Waals surface area contributed by atoms with Crippen molar-refractivity contribution in [1.29, 1.82) is 0 Å². The smallest absolute Gasteiger partial charge is 0.387 e. The van der Waals surface area contributed by atoms with E-state index in [9.17, 15) is 18.0 Å². The molecule has 1 amide bonds. The molecule has 0 aliphatic heterocycles. The number of carbonyl (C=O) groups is 1. The normalized spacial score (nSPS) is 16.5. The zero-order valence-corrected chi connectivity index (χ0v) is 12.3. The van der Waals surface area contributed by atoms with Crippen LogP contribution < -0.4 is 5.32 Å². The molecule has 6 heteroatoms. The van der Waals surface area contributed by atoms with E-state index >= 15 is 0 Å². The number of alkyl halides is 3. The molecular weight excluding hydrogens is 281 g/mol. The third-order valence-corrected chi connectivity index (χ3v) is 4.09. The maximum absolute atomic E-state index is 13.0. The van der Waals surface area contributed by atoms with Crippen molar-refractivity contribution in [3.63, 3.8) is 0 Å². The fourth-order valence-corrected chi connectivity index (χ4v) is 2.51. The summed E-state index contributed by atoms with van der Waals surface area (Å²) in [4.78, 5) is 14.0. The number of hydrogen-bond acceptors (Lipinski definition) is 2. The van der Waals surface area contributed by atoms with Crippen LogP contribution in [0.15, 0.2) is 18.2 Å². The lowest BCUT2D eigenvalue weighted by Gasteiger charge is -2.26. The number of nitrogens with one attached hydrogen (secondary N) is 1. The number of carbonyl (C=O) groups excluding carboxylic acids is 1. The summed E-state index contributed by atoms with van der Waals surface area (Å²) >= 11 is 0. The first-order chi connectivity index (χ1) is 9.77. The highest BCUT2D eigenvalue weighted by Crippen LogP contribution is 2.38. The lowest BCUT2D eigenvalue weighted by Crippen LogP contribution is -2.37. The summed E-state index contributed by atoms with van der Waals surface area (Å²) in [5.74, 6) is 0.0765. The SMILES string of the molecule is CNc1c(C(=O)N(C)C(C)C2CC2)cccc1C(F)(F)F. The van der Waals surface area contributed by atoms with E-state index in [1.807, 2.05) is 6.92 Å². The van der Waals surface area contributed by atoms with E-state index in [0.717, 1.165) is 18.9 Å². The van der Waals surface area contributed by atoms with Crippen LogP contribution in [-0.2, 0) is 6.18 Å². The van der Waals surface area contributed by atoms with E-state index in [-0.39, 0.29) is 23.2 Å². The van der Waals surface area contributed by atoms with Crippen molar-refractivity contribution in [3.8, 4) is 0 Å². The van der Waals surface area contributed by atoms with Crippen molar-refractivity contribution in [2.45, 2.75) is 32.0 Å². The Morgan fingerprint density at radius 1 is 1.38 bits per heavy atom. The number of amides is 1. The predicted molar refractivity (Wildman–Crippen MR) is 75.3 cm³/mol. The van der Waals surface area contributed by atoms with Gasteiger partial charge in [0.25, 0.3) is 5.91 Å². The lowest BCUT2D eigenvalue weighted by atomic mass is 10.0. The third-order valence-electron chi connectivity index (χ3n) is 4.09. The highest BCUT2D eigenvalue weighted by molar-refractivity contribution is 6.00. The first-order valence-electron chi connectivity index (χ1n) is 6.92. The van der Waals surface area contributed by atoms with Gasteiger partial charge < -0.3 is 10.2 Å². The first kappa shape index (κ1) is 15.7. The molecule has 1 aromatic carbocycles. The van der Waals surface area contributed by atoms with E-state index in [1.165, 1.54) is 24.1 Å². The van der Waals surface area contributed by atoms with Crippen LogP contribution in [0.2, 0.25) is 0 Å². The van der Waals surface area contributed by atoms with Crippen molar-refractivity contribution in [2.24, 2.45) is 5.92 Å². The third kappa shape index (κ3) is 3.14. The minimum absolute atomic E-state index is 0.0387. The monoisotopic (exact) mass is 300 g/mol. The van der Waals surface area contributed by atoms with Gasteiger partial charge in [-0.3, -0.25) is 4.79 Å². The maximum Gasteiger partial charge on any atom is 0.418 e. The lowest BCUT2D eigenvalue weighted by molar-refractivity contribution is -0.136. The second-order valence-electron chi connectivity index (χ2n) is 5.47. The molecule has 1 aliphatic rings. The van der Waals surface area contributed by atoms with Crippen LogP contribution in [0.1, 0.15) is 35.7 Å². The fraction of sp³-hybridized carbons (Fsp3) is 0.533. The molecule has 1 unspecified atom stereocenters. The van der Waals surface area contributed by atoms with Gasteiger partial charge in [0.2, 0.25) is 0 Å². The molecule has 0 saturated heterocycles. The largest absolute Gasteiger partial charge is 0.418 e. The Kier molecular flexibility index (Phi) is 4.16. The average Bonchev–Trinajstić information content (AvgIpc) is 3.27. The molecule has 1 saturated carbocycles. The molecule has 3 nitrogen and oxygen atoms in total. The highest BCUT2D eigenvalue weighted by atomic mass is 19.4. The Morgan fingerprint density at radius 2 is 2.00 bits per heavy atom. The summed E-state index contributed by atoms with van der Waals surface area (Å²) in [6, 6.07) is 3.72. The molecule has 116 valence electrons. The number of rotatable bonds is 4. The molecule has 0 bridgehead atoms. The van der Waals surface area contributed by atoms with Crippen LogP contribution in [0.4, 0.5) is 18.9 Å². The first-order valence-corrected chi connectivity index (χ1v) is 6.92. The molecule has 21 heavy (non-hydrogen) atoms. The molecule has 1 N–H and O–H groups in total. The Morgan fingerprint density at radius 3 is 2.48 bits per heavy atom. The van der Waals surface area contributed by atoms with Gasteiger partial charge in [-0.1, -0.05) is 6.07 Å². The van der Waals surface area contributed by atoms with Crippen molar-refractivity contribution in [3.05, 3.63) is 29.3 Å². The number of halogens is 3. The fourth-order valence-electron chi connectivity index (χ4n) is 2.51. The van der Waals surface area contributed by atoms with E-state index in [4.69, 9.17) is 0 Å². The summed E-state index contributed by atoms with van der Waals surface area (Å²) in [6.45, 7) is 1.93. The second-order valence-corrected chi connectivity index (χ2v) is 5.47. The van der Waals surface area contributed by atoms with Crippen LogP contribution in [0.5, 0.6) is 0 Å². The molecule has 1 atom stereocenters. The van der Waals surface area contributed by atoms with Crippen molar-refractivity contribution < 1.29 is 18.0 Å². The van der Waals surface area contributed by atoms with Gasteiger partial charge in [0, 0.05) is 20.1 Å². The number of para-hydroxylation sites is 1. The highest BCUT2D eigenvalue weighted by Gasteiger charge is 2.37. The van der Waals surface area contributed by atoms with Gasteiger partial charge in [-0.2, -0.15) is 13.2 Å². The van der Waals surface area contributed by atoms with Gasteiger partial charge in [0.1, 0.15) is 0 Å². The standard InChI is InChI=1S/C15H19F3N2O/c1-9(10-7-8-10)20(3)14(21)11-5-4-6-12(13(11)19-2)15(16,17)18/h4-6,9-10,19H,7-8H2,1-3H3. The predicted octanol–water partition coefficient (Wildman–Crippen LogP) is 3.62. The Hall–Kier alpha value is -1.72. The van der Waals surface area contributed by atoms with Gasteiger partial charge in [-0.15, -0.1) is 0 Å². The Bertz CT molecular complexity index is 538. The van der Waals surface area contributed by atoms with Crippen LogP contribution in [0, 0.1) is 5.92 Å². The maximum atomic E-state index is 13.0. The van der Waals surface area contributed by atoms with Gasteiger partial charge in [0.05, 0.1) is 16.8 Å². The molecule has 0 aromatic heterocycles. The van der Waals surface area contributed by atoms with Gasteiger partial charge >= 0.3 is 6.18 Å². The van der Waals surface area contributed by atoms with E-state index in [1.54, 1.807) is 7.05 Å². The van der Waals surface area contributed by atoms with Crippen LogP contribution >= 0.6 is 0 Å². The quantitative estimate of drug-likeness (QED) is 0.921. The number of hydrogen-bond donors (Lipinski definition) is 1. The van der Waals surface area contributed by atoms with Gasteiger partial charge in [0.15, 0.2) is 0 Å². The van der Waals surface area contributed by atoms with Crippen molar-refractivity contribution in [2.75, 3.05) is 19.4 Å². The zero-order valence-electron chi connectivity index (χ0n) is 12.3. The van der Waals surface area contributed by atoms with E-state index in [2.05, 4.69) is 5.32 Å². The Labute approximate surface area is 122 Å². The topological polar surface area (TPSA) is 32.3 Å². The van der Waals surface area contributed by atoms with Crippen molar-refractivity contribution >= 4 is 11.6 Å². The molecule has 0 heterocycles. The van der Waals surface area contributed by atoms with Crippen LogP contribution in [-0.4, -0.2) is 30.9 Å².